The fourth-order valence-electron chi connectivity index (χ4n) is 1.36. The van der Waals surface area contributed by atoms with Crippen LogP contribution in [0, 0.1) is 5.92 Å². The first kappa shape index (κ1) is 10.6. The molecule has 0 fully saturated rings. The number of nitrogens with zero attached hydrogens (tertiary/aromatic N) is 2. The van der Waals surface area contributed by atoms with Crippen LogP contribution in [0.1, 0.15) is 29.9 Å². The highest BCUT2D eigenvalue weighted by molar-refractivity contribution is 5.88. The second-order valence-corrected chi connectivity index (χ2v) is 3.74. The molecule has 0 amide bonds. The van der Waals surface area contributed by atoms with E-state index < -0.39 is 5.97 Å². The molecule has 14 heavy (non-hydrogen) atoms. The molecule has 0 aromatic carbocycles. The largest absolute Gasteiger partial charge is 0.476 e. The van der Waals surface area contributed by atoms with Crippen LogP contribution >= 0.6 is 0 Å². The van der Waals surface area contributed by atoms with Gasteiger partial charge in [0, 0.05) is 12.6 Å². The number of aromatic carboxylic acids is 1. The number of aryl methyl sites for hydroxylation is 1. The molecule has 5 nitrogen and oxygen atoms in total. The van der Waals surface area contributed by atoms with Crippen LogP contribution in [-0.4, -0.2) is 20.9 Å². The summed E-state index contributed by atoms with van der Waals surface area (Å²) in [4.78, 5) is 10.8. The monoisotopic (exact) mass is 197 g/mol. The van der Waals surface area contributed by atoms with Crippen molar-refractivity contribution in [2.45, 2.75) is 20.3 Å². The third-order valence-corrected chi connectivity index (χ3v) is 2.01. The molecular weight excluding hydrogens is 182 g/mol. The average Bonchev–Trinajstić information content (AvgIpc) is 2.32. The molecule has 0 radical (unpaired) electrons. The summed E-state index contributed by atoms with van der Waals surface area (Å²) in [6, 6.07) is 0. The molecule has 1 aromatic heterocycles. The Kier molecular flexibility index (Phi) is 2.78. The van der Waals surface area contributed by atoms with Crippen LogP contribution in [0.25, 0.3) is 0 Å². The number of carboxylic acids is 1. The van der Waals surface area contributed by atoms with Crippen LogP contribution in [0.4, 0.5) is 5.82 Å². The van der Waals surface area contributed by atoms with Crippen molar-refractivity contribution in [3.63, 3.8) is 0 Å². The lowest BCUT2D eigenvalue weighted by Crippen LogP contribution is -2.05. The van der Waals surface area contributed by atoms with Gasteiger partial charge in [0.15, 0.2) is 5.69 Å². The number of nitrogen functional groups attached to an aromatic ring is 1. The van der Waals surface area contributed by atoms with Gasteiger partial charge >= 0.3 is 5.97 Å². The smallest absolute Gasteiger partial charge is 0.356 e. The summed E-state index contributed by atoms with van der Waals surface area (Å²) < 4.78 is 1.40. The van der Waals surface area contributed by atoms with E-state index >= 15 is 0 Å². The highest BCUT2D eigenvalue weighted by Gasteiger charge is 2.19. The van der Waals surface area contributed by atoms with Crippen LogP contribution in [0.2, 0.25) is 0 Å². The van der Waals surface area contributed by atoms with E-state index in [-0.39, 0.29) is 5.69 Å². The van der Waals surface area contributed by atoms with Crippen molar-refractivity contribution in [2.75, 3.05) is 5.73 Å². The molecule has 5 heteroatoms. The molecule has 1 heterocycles. The quantitative estimate of drug-likeness (QED) is 0.754. The maximum atomic E-state index is 10.8. The van der Waals surface area contributed by atoms with Gasteiger partial charge in [0.1, 0.15) is 5.82 Å². The van der Waals surface area contributed by atoms with E-state index in [4.69, 9.17) is 10.8 Å². The molecule has 0 aliphatic carbocycles. The van der Waals surface area contributed by atoms with Gasteiger partial charge in [-0.3, -0.25) is 4.68 Å². The van der Waals surface area contributed by atoms with E-state index in [1.54, 1.807) is 7.05 Å². The topological polar surface area (TPSA) is 81.1 Å². The lowest BCUT2D eigenvalue weighted by molar-refractivity contribution is 0.0688. The molecular formula is C9H15N3O2. The zero-order valence-corrected chi connectivity index (χ0v) is 8.61. The van der Waals surface area contributed by atoms with Crippen LogP contribution in [-0.2, 0) is 13.5 Å². The Morgan fingerprint density at radius 2 is 2.21 bits per heavy atom. The van der Waals surface area contributed by atoms with E-state index in [1.807, 2.05) is 13.8 Å². The lowest BCUT2D eigenvalue weighted by atomic mass is 10.0. The van der Waals surface area contributed by atoms with Gasteiger partial charge in [0.05, 0.1) is 0 Å². The molecule has 0 atom stereocenters. The van der Waals surface area contributed by atoms with Gasteiger partial charge in [-0.1, -0.05) is 13.8 Å². The number of anilines is 1. The van der Waals surface area contributed by atoms with Crippen LogP contribution < -0.4 is 5.73 Å². The van der Waals surface area contributed by atoms with Crippen molar-refractivity contribution in [3.05, 3.63) is 11.3 Å². The minimum absolute atomic E-state index is 0.0682. The Morgan fingerprint density at radius 3 is 2.64 bits per heavy atom. The fourth-order valence-corrected chi connectivity index (χ4v) is 1.36. The number of rotatable bonds is 3. The Hall–Kier alpha value is -1.52. The number of hydrogen-bond acceptors (Lipinski definition) is 3. The first-order valence-corrected chi connectivity index (χ1v) is 4.48. The molecule has 0 bridgehead atoms. The Labute approximate surface area is 82.5 Å². The van der Waals surface area contributed by atoms with Crippen LogP contribution in [0.5, 0.6) is 0 Å². The average molecular weight is 197 g/mol. The summed E-state index contributed by atoms with van der Waals surface area (Å²) in [6.45, 7) is 4.02. The number of hydrogen-bond donors (Lipinski definition) is 2. The summed E-state index contributed by atoms with van der Waals surface area (Å²) in [6.07, 6.45) is 0.640. The Bertz CT molecular complexity index is 355. The number of aromatic nitrogens is 2. The highest BCUT2D eigenvalue weighted by Crippen LogP contribution is 2.19. The van der Waals surface area contributed by atoms with E-state index in [9.17, 15) is 4.79 Å². The molecule has 0 spiro atoms. The van der Waals surface area contributed by atoms with Gasteiger partial charge in [0.25, 0.3) is 0 Å². The Balaban J connectivity index is 3.16. The van der Waals surface area contributed by atoms with E-state index in [2.05, 4.69) is 5.10 Å². The van der Waals surface area contributed by atoms with Gasteiger partial charge in [0.2, 0.25) is 0 Å². The molecule has 0 saturated carbocycles. The number of carboxylic acid groups (broad SMARTS) is 1. The summed E-state index contributed by atoms with van der Waals surface area (Å²) in [5.74, 6) is -0.219. The van der Waals surface area contributed by atoms with Crippen molar-refractivity contribution in [3.8, 4) is 0 Å². The summed E-state index contributed by atoms with van der Waals surface area (Å²) in [7, 11) is 1.64. The predicted octanol–water partition coefficient (Wildman–Crippen LogP) is 0.899. The third kappa shape index (κ3) is 1.86. The molecule has 3 N–H and O–H groups in total. The first-order chi connectivity index (χ1) is 6.43. The van der Waals surface area contributed by atoms with Gasteiger partial charge in [-0.2, -0.15) is 5.10 Å². The number of carbonyl (C=O) groups is 1. The zero-order chi connectivity index (χ0) is 10.9. The van der Waals surface area contributed by atoms with E-state index in [1.165, 1.54) is 4.68 Å². The van der Waals surface area contributed by atoms with Crippen LogP contribution in [0.15, 0.2) is 0 Å². The second-order valence-electron chi connectivity index (χ2n) is 3.74. The molecule has 1 rings (SSSR count). The second kappa shape index (κ2) is 3.69. The molecule has 0 unspecified atom stereocenters. The maximum absolute atomic E-state index is 10.8. The Morgan fingerprint density at radius 1 is 1.64 bits per heavy atom. The van der Waals surface area contributed by atoms with Crippen molar-refractivity contribution in [2.24, 2.45) is 13.0 Å². The van der Waals surface area contributed by atoms with Crippen LogP contribution in [0.3, 0.4) is 0 Å². The first-order valence-electron chi connectivity index (χ1n) is 4.48. The molecule has 0 aliphatic rings. The molecule has 1 aromatic rings. The maximum Gasteiger partial charge on any atom is 0.356 e. The highest BCUT2D eigenvalue weighted by atomic mass is 16.4. The van der Waals surface area contributed by atoms with Gasteiger partial charge < -0.3 is 10.8 Å². The minimum Gasteiger partial charge on any atom is -0.476 e. The molecule has 0 aliphatic heterocycles. The van der Waals surface area contributed by atoms with Crippen molar-refractivity contribution in [1.82, 2.24) is 9.78 Å². The van der Waals surface area contributed by atoms with Gasteiger partial charge in [-0.25, -0.2) is 4.79 Å². The van der Waals surface area contributed by atoms with Crippen molar-refractivity contribution >= 4 is 11.8 Å². The fraction of sp³-hybridized carbons (Fsp3) is 0.556. The SMILES string of the molecule is CC(C)Cc1c(C(=O)O)nn(C)c1N. The van der Waals surface area contributed by atoms with E-state index in [0.717, 1.165) is 0 Å². The normalized spacial score (nSPS) is 10.9. The summed E-state index contributed by atoms with van der Waals surface area (Å²) in [5, 5.41) is 12.7. The standard InChI is InChI=1S/C9H15N3O2/c1-5(2)4-6-7(9(13)14)11-12(3)8(6)10/h5H,4,10H2,1-3H3,(H,13,14). The molecule has 0 saturated heterocycles. The predicted molar refractivity (Wildman–Crippen MR) is 53.1 cm³/mol. The van der Waals surface area contributed by atoms with E-state index in [0.29, 0.717) is 23.7 Å². The third-order valence-electron chi connectivity index (χ3n) is 2.01. The number of nitrogens with two attached hydrogens (primary N) is 1. The molecule has 78 valence electrons. The van der Waals surface area contributed by atoms with Crippen molar-refractivity contribution in [1.29, 1.82) is 0 Å². The summed E-state index contributed by atoms with van der Waals surface area (Å²) >= 11 is 0. The summed E-state index contributed by atoms with van der Waals surface area (Å²) in [5.41, 5.74) is 6.43. The van der Waals surface area contributed by atoms with Crippen molar-refractivity contribution < 1.29 is 9.90 Å². The van der Waals surface area contributed by atoms with Gasteiger partial charge in [-0.05, 0) is 12.3 Å². The lowest BCUT2D eigenvalue weighted by Gasteiger charge is -2.04. The van der Waals surface area contributed by atoms with Gasteiger partial charge in [-0.15, -0.1) is 0 Å². The minimum atomic E-state index is -1.02. The zero-order valence-electron chi connectivity index (χ0n) is 8.61.